The van der Waals surface area contributed by atoms with Crippen LogP contribution in [0.25, 0.3) is 0 Å². The predicted octanol–water partition coefficient (Wildman–Crippen LogP) is 3.66. The molecule has 51 heavy (non-hydrogen) atoms. The number of likely N-dealkylation sites (N-methyl/N-ethyl adjacent to an activating group) is 1. The van der Waals surface area contributed by atoms with Gasteiger partial charge in [-0.2, -0.15) is 0 Å². The second-order valence-corrected chi connectivity index (χ2v) is 13.9. The highest BCUT2D eigenvalue weighted by molar-refractivity contribution is 5.92. The fraction of sp³-hybridized carbons (Fsp3) is 0.564. The molecule has 0 fully saturated rings. The maximum absolute atomic E-state index is 13.7. The van der Waals surface area contributed by atoms with E-state index in [1.807, 2.05) is 69.2 Å². The number of carboxylic acid groups (broad SMARTS) is 1. The molecule has 6 N–H and O–H groups in total. The van der Waals surface area contributed by atoms with Crippen molar-refractivity contribution in [3.63, 3.8) is 0 Å². The van der Waals surface area contributed by atoms with Gasteiger partial charge < -0.3 is 36.4 Å². The van der Waals surface area contributed by atoms with Crippen molar-refractivity contribution in [1.29, 1.82) is 0 Å². The fourth-order valence-corrected chi connectivity index (χ4v) is 5.75. The van der Waals surface area contributed by atoms with Crippen LogP contribution in [-0.4, -0.2) is 95.9 Å². The molecule has 2 rings (SSSR count). The number of unbranched alkanes of at least 4 members (excludes halogenated alkanes) is 4. The quantitative estimate of drug-likeness (QED) is 0.0841. The molecule has 3 unspecified atom stereocenters. The van der Waals surface area contributed by atoms with Crippen LogP contribution in [0, 0.1) is 6.92 Å². The highest BCUT2D eigenvalue weighted by Crippen LogP contribution is 2.18. The van der Waals surface area contributed by atoms with E-state index in [9.17, 15) is 34.2 Å². The molecule has 12 heteroatoms. The van der Waals surface area contributed by atoms with E-state index in [1.165, 1.54) is 0 Å². The van der Waals surface area contributed by atoms with Gasteiger partial charge in [0.25, 0.3) is 0 Å². The molecule has 0 aliphatic heterocycles. The van der Waals surface area contributed by atoms with E-state index in [0.717, 1.165) is 36.8 Å². The minimum Gasteiger partial charge on any atom is -0.508 e. The van der Waals surface area contributed by atoms with Gasteiger partial charge in [0.2, 0.25) is 17.7 Å². The van der Waals surface area contributed by atoms with Gasteiger partial charge in [0.15, 0.2) is 0 Å². The van der Waals surface area contributed by atoms with E-state index in [4.69, 9.17) is 0 Å². The van der Waals surface area contributed by atoms with E-state index >= 15 is 0 Å². The number of carboxylic acids is 1. The standard InChI is InChI=1S/C39H59N5O7/c1-27(2)41-33(25-30-20-21-35(46)28(3)23-30)37(48)43-34(24-29-15-9-8-10-16-29)38(49)42-32(39(50)51)18-13-14-22-40-36(47)19-12-7-6-11-17-31(45)26-44(4)5/h8-10,15-16,20-21,23,27,32-34,41,46H,6-7,11-14,17-19,22,24-26H2,1-5H3,(H,40,47)(H,42,49)(H,43,48)(H,50,51). The Bertz CT molecular complexity index is 1400. The van der Waals surface area contributed by atoms with Crippen LogP contribution < -0.4 is 21.3 Å². The zero-order chi connectivity index (χ0) is 37.8. The van der Waals surface area contributed by atoms with E-state index in [0.29, 0.717) is 50.8 Å². The van der Waals surface area contributed by atoms with Crippen molar-refractivity contribution in [2.75, 3.05) is 27.2 Å². The van der Waals surface area contributed by atoms with Crippen LogP contribution >= 0.6 is 0 Å². The molecule has 0 spiro atoms. The number of benzene rings is 2. The predicted molar refractivity (Wildman–Crippen MR) is 198 cm³/mol. The number of aryl methyl sites for hydroxylation is 1. The van der Waals surface area contributed by atoms with Gasteiger partial charge in [-0.25, -0.2) is 4.79 Å². The lowest BCUT2D eigenvalue weighted by Gasteiger charge is -2.26. The normalized spacial score (nSPS) is 13.0. The zero-order valence-corrected chi connectivity index (χ0v) is 31.0. The first-order valence-corrected chi connectivity index (χ1v) is 18.1. The van der Waals surface area contributed by atoms with Crippen LogP contribution in [0.15, 0.2) is 48.5 Å². The number of ketones is 1. The Morgan fingerprint density at radius 1 is 0.745 bits per heavy atom. The molecule has 12 nitrogen and oxygen atoms in total. The van der Waals surface area contributed by atoms with Crippen LogP contribution in [0.3, 0.4) is 0 Å². The second-order valence-electron chi connectivity index (χ2n) is 13.9. The minimum absolute atomic E-state index is 0.0392. The van der Waals surface area contributed by atoms with Gasteiger partial charge in [0.1, 0.15) is 23.6 Å². The highest BCUT2D eigenvalue weighted by Gasteiger charge is 2.29. The molecular weight excluding hydrogens is 650 g/mol. The summed E-state index contributed by atoms with van der Waals surface area (Å²) in [6, 6.07) is 11.4. The summed E-state index contributed by atoms with van der Waals surface area (Å²) in [5.41, 5.74) is 2.33. The van der Waals surface area contributed by atoms with Crippen molar-refractivity contribution in [1.82, 2.24) is 26.2 Å². The molecule has 0 aromatic heterocycles. The monoisotopic (exact) mass is 709 g/mol. The lowest BCUT2D eigenvalue weighted by atomic mass is 10.00. The molecular formula is C39H59N5O7. The summed E-state index contributed by atoms with van der Waals surface area (Å²) in [7, 11) is 3.74. The van der Waals surface area contributed by atoms with Gasteiger partial charge >= 0.3 is 5.97 Å². The van der Waals surface area contributed by atoms with Gasteiger partial charge in [-0.3, -0.25) is 19.2 Å². The Kier molecular flexibility index (Phi) is 19.5. The molecule has 0 bridgehead atoms. The topological polar surface area (TPSA) is 177 Å². The maximum atomic E-state index is 13.7. The lowest BCUT2D eigenvalue weighted by molar-refractivity contribution is -0.142. The van der Waals surface area contributed by atoms with Gasteiger partial charge in [0, 0.05) is 31.8 Å². The Balaban J connectivity index is 1.91. The summed E-state index contributed by atoms with van der Waals surface area (Å²) in [6.45, 7) is 6.47. The molecule has 0 radical (unpaired) electrons. The van der Waals surface area contributed by atoms with E-state index in [-0.39, 0.29) is 36.3 Å². The first-order valence-electron chi connectivity index (χ1n) is 18.1. The third kappa shape index (κ3) is 18.0. The molecule has 282 valence electrons. The average Bonchev–Trinajstić information content (AvgIpc) is 3.06. The molecule has 2 aromatic rings. The van der Waals surface area contributed by atoms with E-state index < -0.39 is 35.9 Å². The summed E-state index contributed by atoms with van der Waals surface area (Å²) in [6.07, 6.45) is 5.95. The Morgan fingerprint density at radius 2 is 1.37 bits per heavy atom. The number of carbonyl (C=O) groups excluding carboxylic acids is 4. The highest BCUT2D eigenvalue weighted by atomic mass is 16.4. The Hall–Kier alpha value is -4.29. The number of rotatable bonds is 25. The third-order valence-corrected chi connectivity index (χ3v) is 8.43. The van der Waals surface area contributed by atoms with Crippen LogP contribution in [0.1, 0.15) is 88.3 Å². The van der Waals surface area contributed by atoms with Crippen LogP contribution in [0.5, 0.6) is 5.75 Å². The summed E-state index contributed by atoms with van der Waals surface area (Å²) in [4.78, 5) is 65.3. The smallest absolute Gasteiger partial charge is 0.326 e. The number of amides is 3. The molecule has 0 heterocycles. The first-order chi connectivity index (χ1) is 24.2. The number of aliphatic carboxylic acids is 1. The molecule has 0 saturated carbocycles. The van der Waals surface area contributed by atoms with Gasteiger partial charge in [-0.1, -0.05) is 69.2 Å². The molecule has 0 saturated heterocycles. The van der Waals surface area contributed by atoms with E-state index in [1.54, 1.807) is 19.1 Å². The average molecular weight is 710 g/mol. The Morgan fingerprint density at radius 3 is 2.00 bits per heavy atom. The number of nitrogens with one attached hydrogen (secondary N) is 4. The van der Waals surface area contributed by atoms with Crippen LogP contribution in [0.2, 0.25) is 0 Å². The molecule has 3 amide bonds. The molecule has 0 aliphatic rings. The summed E-state index contributed by atoms with van der Waals surface area (Å²) in [5, 5.41) is 31.5. The fourth-order valence-electron chi connectivity index (χ4n) is 5.75. The third-order valence-electron chi connectivity index (χ3n) is 8.43. The largest absolute Gasteiger partial charge is 0.508 e. The van der Waals surface area contributed by atoms with Crippen molar-refractivity contribution >= 4 is 29.5 Å². The minimum atomic E-state index is -1.18. The summed E-state index contributed by atoms with van der Waals surface area (Å²) in [5.74, 6) is -1.85. The van der Waals surface area contributed by atoms with Crippen molar-refractivity contribution in [2.24, 2.45) is 0 Å². The maximum Gasteiger partial charge on any atom is 0.326 e. The van der Waals surface area contributed by atoms with Gasteiger partial charge in [-0.05, 0) is 82.3 Å². The number of hydrogen-bond acceptors (Lipinski definition) is 8. The van der Waals surface area contributed by atoms with Crippen molar-refractivity contribution in [3.8, 4) is 5.75 Å². The Labute approximate surface area is 303 Å². The van der Waals surface area contributed by atoms with Gasteiger partial charge in [0.05, 0.1) is 12.6 Å². The van der Waals surface area contributed by atoms with Crippen LogP contribution in [-0.2, 0) is 36.8 Å². The van der Waals surface area contributed by atoms with Crippen molar-refractivity contribution < 1.29 is 34.2 Å². The number of phenols is 1. The number of hydrogen-bond donors (Lipinski definition) is 6. The van der Waals surface area contributed by atoms with E-state index in [2.05, 4.69) is 21.3 Å². The number of carbonyl (C=O) groups is 5. The lowest BCUT2D eigenvalue weighted by Crippen LogP contribution is -2.57. The molecule has 2 aromatic carbocycles. The summed E-state index contributed by atoms with van der Waals surface area (Å²) < 4.78 is 0. The first kappa shape index (κ1) is 42.9. The van der Waals surface area contributed by atoms with Crippen molar-refractivity contribution in [3.05, 3.63) is 65.2 Å². The zero-order valence-electron chi connectivity index (χ0n) is 31.0. The molecule has 3 atom stereocenters. The SMILES string of the molecule is Cc1cc(CC(NC(C)C)C(=O)NC(Cc2ccccc2)C(=O)NC(CCCCNC(=O)CCCCCCC(=O)CN(C)C)C(=O)O)ccc1O. The number of nitrogens with zero attached hydrogens (tertiary/aromatic N) is 1. The summed E-state index contributed by atoms with van der Waals surface area (Å²) >= 11 is 0. The number of aromatic hydroxyl groups is 1. The molecule has 0 aliphatic carbocycles. The number of Topliss-reactive ketones (excluding diaryl/α,β-unsaturated/α-hetero) is 1. The number of phenolic OH excluding ortho intramolecular Hbond substituents is 1. The van der Waals surface area contributed by atoms with Crippen LogP contribution in [0.4, 0.5) is 0 Å². The van der Waals surface area contributed by atoms with Gasteiger partial charge in [-0.15, -0.1) is 0 Å². The van der Waals surface area contributed by atoms with Crippen molar-refractivity contribution in [2.45, 2.75) is 116 Å². The second kappa shape index (κ2) is 23.2.